The summed E-state index contributed by atoms with van der Waals surface area (Å²) in [5, 5.41) is 5.91. The Labute approximate surface area is 135 Å². The van der Waals surface area contributed by atoms with Crippen molar-refractivity contribution in [2.45, 2.75) is 20.3 Å². The van der Waals surface area contributed by atoms with Gasteiger partial charge in [0.2, 0.25) is 5.91 Å². The lowest BCUT2D eigenvalue weighted by atomic mass is 10.2. The second-order valence-electron chi connectivity index (χ2n) is 5.39. The first kappa shape index (κ1) is 16.8. The third-order valence-electron chi connectivity index (χ3n) is 3.50. The highest BCUT2D eigenvalue weighted by molar-refractivity contribution is 5.91. The number of ether oxygens (including phenoxy) is 1. The molecule has 2 N–H and O–H groups in total. The van der Waals surface area contributed by atoms with E-state index in [1.165, 1.54) is 12.1 Å². The van der Waals surface area contributed by atoms with Crippen LogP contribution in [0.25, 0.3) is 0 Å². The van der Waals surface area contributed by atoms with Crippen LogP contribution in [0.1, 0.15) is 17.5 Å². The van der Waals surface area contributed by atoms with Crippen LogP contribution in [0, 0.1) is 19.7 Å². The molecule has 5 heteroatoms. The summed E-state index contributed by atoms with van der Waals surface area (Å²) in [5.41, 5.74) is 3.28. The molecule has 0 aliphatic heterocycles. The highest BCUT2D eigenvalue weighted by Gasteiger charge is 2.07. The molecule has 1 amide bonds. The number of methoxy groups -OCH3 is 1. The molecule has 0 unspecified atom stereocenters. The van der Waals surface area contributed by atoms with Gasteiger partial charge in [-0.3, -0.25) is 4.79 Å². The summed E-state index contributed by atoms with van der Waals surface area (Å²) in [5.74, 6) is 0.198. The van der Waals surface area contributed by atoms with Crippen LogP contribution in [0.15, 0.2) is 36.4 Å². The lowest BCUT2D eigenvalue weighted by Crippen LogP contribution is -2.17. The summed E-state index contributed by atoms with van der Waals surface area (Å²) < 4.78 is 18.5. The molecule has 0 bridgehead atoms. The van der Waals surface area contributed by atoms with E-state index in [2.05, 4.69) is 10.6 Å². The molecule has 2 rings (SSSR count). The first-order valence-corrected chi connectivity index (χ1v) is 7.44. The summed E-state index contributed by atoms with van der Waals surface area (Å²) in [4.78, 5) is 12.0. The van der Waals surface area contributed by atoms with Crippen LogP contribution in [0.4, 0.5) is 15.8 Å². The third kappa shape index (κ3) is 4.71. The maximum atomic E-state index is 13.2. The normalized spacial score (nSPS) is 10.3. The first-order chi connectivity index (χ1) is 11.0. The molecule has 0 fully saturated rings. The van der Waals surface area contributed by atoms with Gasteiger partial charge in [-0.05, 0) is 49.2 Å². The minimum absolute atomic E-state index is 0.169. The van der Waals surface area contributed by atoms with Crippen LogP contribution in [-0.4, -0.2) is 19.6 Å². The molecule has 0 heterocycles. The topological polar surface area (TPSA) is 50.4 Å². The number of benzene rings is 2. The third-order valence-corrected chi connectivity index (χ3v) is 3.50. The molecule has 0 radical (unpaired) electrons. The Morgan fingerprint density at radius 3 is 2.65 bits per heavy atom. The van der Waals surface area contributed by atoms with Gasteiger partial charge in [-0.1, -0.05) is 12.1 Å². The number of rotatable bonds is 6. The molecule has 0 spiro atoms. The SMILES string of the molecule is COc1ccc(C)cc1NCCC(=O)Nc1cc(F)ccc1C. The molecule has 23 heavy (non-hydrogen) atoms. The van der Waals surface area contributed by atoms with Gasteiger partial charge in [-0.15, -0.1) is 0 Å². The Morgan fingerprint density at radius 1 is 1.13 bits per heavy atom. The van der Waals surface area contributed by atoms with Crippen LogP contribution in [0.5, 0.6) is 5.75 Å². The van der Waals surface area contributed by atoms with Crippen molar-refractivity contribution in [2.75, 3.05) is 24.3 Å². The Morgan fingerprint density at radius 2 is 1.91 bits per heavy atom. The number of hydrogen-bond donors (Lipinski definition) is 2. The lowest BCUT2D eigenvalue weighted by Gasteiger charge is -2.12. The van der Waals surface area contributed by atoms with Crippen molar-refractivity contribution in [3.05, 3.63) is 53.3 Å². The lowest BCUT2D eigenvalue weighted by molar-refractivity contribution is -0.115. The Bertz CT molecular complexity index is 701. The molecule has 4 nitrogen and oxygen atoms in total. The molecule has 0 saturated heterocycles. The monoisotopic (exact) mass is 316 g/mol. The molecular formula is C18H21FN2O2. The molecule has 0 aliphatic carbocycles. The molecule has 0 aliphatic rings. The summed E-state index contributed by atoms with van der Waals surface area (Å²) in [6.45, 7) is 4.27. The van der Waals surface area contributed by atoms with E-state index >= 15 is 0 Å². The predicted molar refractivity (Wildman–Crippen MR) is 90.6 cm³/mol. The summed E-state index contributed by atoms with van der Waals surface area (Å²) in [7, 11) is 1.61. The summed E-state index contributed by atoms with van der Waals surface area (Å²) >= 11 is 0. The van der Waals surface area contributed by atoms with Crippen LogP contribution in [-0.2, 0) is 4.79 Å². The van der Waals surface area contributed by atoms with Crippen molar-refractivity contribution in [1.82, 2.24) is 0 Å². The number of aryl methyl sites for hydroxylation is 2. The van der Waals surface area contributed by atoms with Crippen LogP contribution < -0.4 is 15.4 Å². The molecule has 122 valence electrons. The average molecular weight is 316 g/mol. The van der Waals surface area contributed by atoms with E-state index in [9.17, 15) is 9.18 Å². The maximum Gasteiger partial charge on any atom is 0.226 e. The molecule has 2 aromatic rings. The van der Waals surface area contributed by atoms with Gasteiger partial charge in [-0.2, -0.15) is 0 Å². The van der Waals surface area contributed by atoms with E-state index in [0.717, 1.165) is 22.6 Å². The van der Waals surface area contributed by atoms with Crippen molar-refractivity contribution < 1.29 is 13.9 Å². The predicted octanol–water partition coefficient (Wildman–Crippen LogP) is 3.89. The second-order valence-corrected chi connectivity index (χ2v) is 5.39. The fourth-order valence-corrected chi connectivity index (χ4v) is 2.21. The standard InChI is InChI=1S/C18H21FN2O2/c1-12-4-7-17(23-3)16(10-12)20-9-8-18(22)21-15-11-14(19)6-5-13(15)2/h4-7,10-11,20H,8-9H2,1-3H3,(H,21,22). The second kappa shape index (κ2) is 7.63. The Hall–Kier alpha value is -2.56. The molecule has 2 aromatic carbocycles. The van der Waals surface area contributed by atoms with E-state index in [-0.39, 0.29) is 18.1 Å². The van der Waals surface area contributed by atoms with Crippen LogP contribution in [0.3, 0.4) is 0 Å². The molecular weight excluding hydrogens is 295 g/mol. The fourth-order valence-electron chi connectivity index (χ4n) is 2.21. The van der Waals surface area contributed by atoms with Crippen LogP contribution >= 0.6 is 0 Å². The summed E-state index contributed by atoms with van der Waals surface area (Å²) in [6, 6.07) is 10.1. The quantitative estimate of drug-likeness (QED) is 0.850. The smallest absolute Gasteiger partial charge is 0.226 e. The van der Waals surface area contributed by atoms with Gasteiger partial charge < -0.3 is 15.4 Å². The zero-order chi connectivity index (χ0) is 16.8. The van der Waals surface area contributed by atoms with Crippen molar-refractivity contribution in [2.24, 2.45) is 0 Å². The van der Waals surface area contributed by atoms with Crippen LogP contribution in [0.2, 0.25) is 0 Å². The van der Waals surface area contributed by atoms with Gasteiger partial charge in [-0.25, -0.2) is 4.39 Å². The van der Waals surface area contributed by atoms with E-state index in [1.807, 2.05) is 32.0 Å². The zero-order valence-corrected chi connectivity index (χ0v) is 13.6. The van der Waals surface area contributed by atoms with Gasteiger partial charge in [0, 0.05) is 18.7 Å². The number of anilines is 2. The number of carbonyl (C=O) groups is 1. The number of hydrogen-bond acceptors (Lipinski definition) is 3. The fraction of sp³-hybridized carbons (Fsp3) is 0.278. The maximum absolute atomic E-state index is 13.2. The Kier molecular flexibility index (Phi) is 5.57. The largest absolute Gasteiger partial charge is 0.495 e. The van der Waals surface area contributed by atoms with Crippen molar-refractivity contribution in [3.63, 3.8) is 0 Å². The van der Waals surface area contributed by atoms with Crippen molar-refractivity contribution in [3.8, 4) is 5.75 Å². The number of halogens is 1. The van der Waals surface area contributed by atoms with Crippen molar-refractivity contribution >= 4 is 17.3 Å². The number of nitrogens with one attached hydrogen (secondary N) is 2. The number of amides is 1. The molecule has 0 saturated carbocycles. The summed E-state index contributed by atoms with van der Waals surface area (Å²) in [6.07, 6.45) is 0.271. The van der Waals surface area contributed by atoms with Gasteiger partial charge >= 0.3 is 0 Å². The zero-order valence-electron chi connectivity index (χ0n) is 13.6. The van der Waals surface area contributed by atoms with E-state index in [1.54, 1.807) is 13.2 Å². The Balaban J connectivity index is 1.90. The minimum atomic E-state index is -0.367. The highest BCUT2D eigenvalue weighted by atomic mass is 19.1. The molecule has 0 aromatic heterocycles. The van der Waals surface area contributed by atoms with Gasteiger partial charge in [0.05, 0.1) is 12.8 Å². The number of carbonyl (C=O) groups excluding carboxylic acids is 1. The molecule has 0 atom stereocenters. The average Bonchev–Trinajstić information content (AvgIpc) is 2.51. The van der Waals surface area contributed by atoms with Gasteiger partial charge in [0.25, 0.3) is 0 Å². The van der Waals surface area contributed by atoms with Crippen molar-refractivity contribution in [1.29, 1.82) is 0 Å². The van der Waals surface area contributed by atoms with Gasteiger partial charge in [0.1, 0.15) is 11.6 Å². The van der Waals surface area contributed by atoms with E-state index < -0.39 is 0 Å². The first-order valence-electron chi connectivity index (χ1n) is 7.44. The van der Waals surface area contributed by atoms with Gasteiger partial charge in [0.15, 0.2) is 0 Å². The minimum Gasteiger partial charge on any atom is -0.495 e. The highest BCUT2D eigenvalue weighted by Crippen LogP contribution is 2.25. The van der Waals surface area contributed by atoms with E-state index in [4.69, 9.17) is 4.74 Å². The van der Waals surface area contributed by atoms with E-state index in [0.29, 0.717) is 12.2 Å².